The number of hydrogen-bond donors (Lipinski definition) is 3. The van der Waals surface area contributed by atoms with Crippen LogP contribution in [0.5, 0.6) is 5.75 Å². The van der Waals surface area contributed by atoms with Gasteiger partial charge < -0.3 is 15.3 Å². The normalized spacial score (nSPS) is 12.1. The van der Waals surface area contributed by atoms with Gasteiger partial charge in [0.15, 0.2) is 0 Å². The van der Waals surface area contributed by atoms with Gasteiger partial charge in [-0.3, -0.25) is 4.98 Å². The van der Waals surface area contributed by atoms with Crippen LogP contribution in [-0.4, -0.2) is 23.5 Å². The van der Waals surface area contributed by atoms with Gasteiger partial charge in [-0.05, 0) is 41.5 Å². The number of thiophene rings is 1. The van der Waals surface area contributed by atoms with Crippen LogP contribution in [-0.2, 0) is 0 Å². The van der Waals surface area contributed by atoms with Crippen LogP contribution in [0.3, 0.4) is 0 Å². The average Bonchev–Trinajstić information content (AvgIpc) is 3.17. The number of aliphatic imine (C=N–C) groups is 1. The van der Waals surface area contributed by atoms with Crippen molar-refractivity contribution in [3.63, 3.8) is 0 Å². The molecule has 4 N–H and O–H groups in total. The standard InChI is InChI=1S/C20H19ClN4O2S/c1-12(24-11-25-22)20-15(10-18(28-20)13-5-7-23-8-6-13)19(26)14-3-4-17(27-2)16(21)9-14/h3-11,19,26H,1,22H2,2H3,(H,24,25). The van der Waals surface area contributed by atoms with Crippen molar-refractivity contribution in [3.8, 4) is 16.2 Å². The van der Waals surface area contributed by atoms with Gasteiger partial charge in [-0.15, -0.1) is 11.3 Å². The highest BCUT2D eigenvalue weighted by molar-refractivity contribution is 7.16. The Morgan fingerprint density at radius 2 is 2.11 bits per heavy atom. The molecule has 144 valence electrons. The Kier molecular flexibility index (Phi) is 6.43. The highest BCUT2D eigenvalue weighted by Crippen LogP contribution is 2.41. The van der Waals surface area contributed by atoms with Gasteiger partial charge in [0.05, 0.1) is 22.7 Å². The Hall–Kier alpha value is -2.71. The molecule has 28 heavy (non-hydrogen) atoms. The van der Waals surface area contributed by atoms with E-state index in [-0.39, 0.29) is 0 Å². The van der Waals surface area contributed by atoms with Gasteiger partial charge in [0, 0.05) is 22.8 Å². The van der Waals surface area contributed by atoms with Crippen molar-refractivity contribution in [2.24, 2.45) is 10.8 Å². The predicted octanol–water partition coefficient (Wildman–Crippen LogP) is 4.02. The van der Waals surface area contributed by atoms with Gasteiger partial charge in [-0.1, -0.05) is 24.2 Å². The number of hydrogen-bond acceptors (Lipinski definition) is 6. The Bertz CT molecular complexity index is 1000. The number of pyridine rings is 1. The van der Waals surface area contributed by atoms with Crippen LogP contribution in [0, 0.1) is 0 Å². The summed E-state index contributed by atoms with van der Waals surface area (Å²) in [6, 6.07) is 10.9. The molecule has 1 unspecified atom stereocenters. The first-order valence-electron chi connectivity index (χ1n) is 8.28. The van der Waals surface area contributed by atoms with Crippen molar-refractivity contribution in [2.75, 3.05) is 7.11 Å². The van der Waals surface area contributed by atoms with E-state index in [0.717, 1.165) is 15.3 Å². The molecule has 0 radical (unpaired) electrons. The number of nitrogens with two attached hydrogens (primary N) is 1. The highest BCUT2D eigenvalue weighted by Gasteiger charge is 2.21. The van der Waals surface area contributed by atoms with Crippen LogP contribution in [0.1, 0.15) is 22.1 Å². The van der Waals surface area contributed by atoms with E-state index in [1.54, 1.807) is 37.7 Å². The van der Waals surface area contributed by atoms with E-state index in [1.807, 2.05) is 18.2 Å². The summed E-state index contributed by atoms with van der Waals surface area (Å²) in [5, 5.41) is 11.5. The lowest BCUT2D eigenvalue weighted by molar-refractivity contribution is 0.220. The molecular weight excluding hydrogens is 396 g/mol. The Labute approximate surface area is 172 Å². The molecule has 3 aromatic rings. The summed E-state index contributed by atoms with van der Waals surface area (Å²) in [6.07, 6.45) is 3.87. The Balaban J connectivity index is 2.07. The Morgan fingerprint density at radius 1 is 1.36 bits per heavy atom. The number of aromatic nitrogens is 1. The third kappa shape index (κ3) is 4.23. The first-order valence-corrected chi connectivity index (χ1v) is 9.48. The van der Waals surface area contributed by atoms with Crippen LogP contribution < -0.4 is 16.0 Å². The molecule has 0 saturated heterocycles. The molecule has 0 aliphatic heterocycles. The van der Waals surface area contributed by atoms with Crippen LogP contribution in [0.25, 0.3) is 16.1 Å². The zero-order chi connectivity index (χ0) is 20.1. The van der Waals surface area contributed by atoms with Gasteiger partial charge in [-0.25, -0.2) is 10.8 Å². The van der Waals surface area contributed by atoms with Crippen LogP contribution in [0.15, 0.2) is 60.4 Å². The van der Waals surface area contributed by atoms with E-state index < -0.39 is 6.10 Å². The number of nitrogens with zero attached hydrogens (tertiary/aromatic N) is 2. The molecule has 0 aliphatic rings. The summed E-state index contributed by atoms with van der Waals surface area (Å²) in [5.74, 6) is 5.81. The fourth-order valence-electron chi connectivity index (χ4n) is 2.70. The molecule has 8 heteroatoms. The van der Waals surface area contributed by atoms with Crippen LogP contribution in [0.4, 0.5) is 0 Å². The smallest absolute Gasteiger partial charge is 0.137 e. The molecule has 0 fully saturated rings. The number of nitrogens with one attached hydrogen (secondary N) is 1. The summed E-state index contributed by atoms with van der Waals surface area (Å²) in [4.78, 5) is 9.95. The second kappa shape index (κ2) is 8.99. The first-order chi connectivity index (χ1) is 13.5. The number of halogens is 1. The minimum absolute atomic E-state index is 0.425. The summed E-state index contributed by atoms with van der Waals surface area (Å²) in [7, 11) is 1.54. The maximum Gasteiger partial charge on any atom is 0.137 e. The molecule has 6 nitrogen and oxygen atoms in total. The molecule has 2 heterocycles. The molecule has 3 rings (SSSR count). The number of aliphatic hydroxyl groups excluding tert-OH is 1. The summed E-state index contributed by atoms with van der Waals surface area (Å²) < 4.78 is 5.18. The van der Waals surface area contributed by atoms with Gasteiger partial charge in [0.2, 0.25) is 0 Å². The second-order valence-corrected chi connectivity index (χ2v) is 7.26. The number of benzene rings is 1. The van der Waals surface area contributed by atoms with Crippen molar-refractivity contribution < 1.29 is 9.84 Å². The van der Waals surface area contributed by atoms with Crippen molar-refractivity contribution >= 4 is 35.0 Å². The van der Waals surface area contributed by atoms with E-state index in [1.165, 1.54) is 17.7 Å². The number of aliphatic hydroxyl groups is 1. The number of ether oxygens (including phenoxy) is 1. The maximum absolute atomic E-state index is 11.1. The minimum atomic E-state index is -0.914. The lowest BCUT2D eigenvalue weighted by atomic mass is 10.00. The Morgan fingerprint density at radius 3 is 2.75 bits per heavy atom. The topological polar surface area (TPSA) is 92.8 Å². The fourth-order valence-corrected chi connectivity index (χ4v) is 4.08. The van der Waals surface area contributed by atoms with Crippen molar-refractivity contribution in [1.29, 1.82) is 0 Å². The zero-order valence-corrected chi connectivity index (χ0v) is 16.7. The average molecular weight is 415 g/mol. The van der Waals surface area contributed by atoms with Gasteiger partial charge in [-0.2, -0.15) is 0 Å². The van der Waals surface area contributed by atoms with Crippen LogP contribution >= 0.6 is 22.9 Å². The molecule has 0 spiro atoms. The predicted molar refractivity (Wildman–Crippen MR) is 114 cm³/mol. The summed E-state index contributed by atoms with van der Waals surface area (Å²) >= 11 is 7.71. The van der Waals surface area contributed by atoms with Crippen molar-refractivity contribution in [1.82, 2.24) is 10.4 Å². The summed E-state index contributed by atoms with van der Waals surface area (Å²) in [5.41, 5.74) is 5.14. The minimum Gasteiger partial charge on any atom is -0.495 e. The third-order valence-corrected chi connectivity index (χ3v) is 5.61. The third-order valence-electron chi connectivity index (χ3n) is 4.07. The number of hydrazine groups is 1. The van der Waals surface area contributed by atoms with E-state index >= 15 is 0 Å². The molecule has 1 atom stereocenters. The lowest BCUT2D eigenvalue weighted by Gasteiger charge is -2.14. The molecule has 0 saturated carbocycles. The molecule has 0 aliphatic carbocycles. The highest BCUT2D eigenvalue weighted by atomic mass is 35.5. The van der Waals surface area contributed by atoms with E-state index in [4.69, 9.17) is 22.2 Å². The second-order valence-electron chi connectivity index (χ2n) is 5.80. The number of rotatable bonds is 7. The largest absolute Gasteiger partial charge is 0.495 e. The maximum atomic E-state index is 11.1. The zero-order valence-electron chi connectivity index (χ0n) is 15.1. The first kappa shape index (κ1) is 20.0. The van der Waals surface area contributed by atoms with E-state index in [2.05, 4.69) is 22.0 Å². The number of methoxy groups -OCH3 is 1. The van der Waals surface area contributed by atoms with Gasteiger partial charge in [0.1, 0.15) is 18.2 Å². The molecule has 0 bridgehead atoms. The van der Waals surface area contributed by atoms with Gasteiger partial charge >= 0.3 is 0 Å². The SMILES string of the molecule is C=C(N=CNN)c1sc(-c2ccncc2)cc1C(O)c1ccc(OC)c(Cl)c1. The molecule has 0 amide bonds. The lowest BCUT2D eigenvalue weighted by Crippen LogP contribution is -2.18. The molecule has 1 aromatic carbocycles. The monoisotopic (exact) mass is 414 g/mol. The fraction of sp³-hybridized carbons (Fsp3) is 0.100. The quantitative estimate of drug-likeness (QED) is 0.235. The summed E-state index contributed by atoms with van der Waals surface area (Å²) in [6.45, 7) is 4.00. The molecular formula is C20H19ClN4O2S. The van der Waals surface area contributed by atoms with Crippen molar-refractivity contribution in [3.05, 3.63) is 76.4 Å². The van der Waals surface area contributed by atoms with E-state index in [9.17, 15) is 5.11 Å². The molecule has 2 aromatic heterocycles. The van der Waals surface area contributed by atoms with Crippen LogP contribution in [0.2, 0.25) is 5.02 Å². The van der Waals surface area contributed by atoms with Gasteiger partial charge in [0.25, 0.3) is 0 Å². The van der Waals surface area contributed by atoms with E-state index in [0.29, 0.717) is 27.6 Å². The van der Waals surface area contributed by atoms with Crippen molar-refractivity contribution in [2.45, 2.75) is 6.10 Å².